The van der Waals surface area contributed by atoms with Crippen LogP contribution in [0, 0.1) is 5.92 Å². The van der Waals surface area contributed by atoms with Gasteiger partial charge in [-0.05, 0) is 19.3 Å². The number of hydrogen-bond donors (Lipinski definition) is 1. The Kier molecular flexibility index (Phi) is 5.40. The Bertz CT molecular complexity index is 119. The lowest BCUT2D eigenvalue weighted by Gasteiger charge is -2.26. The van der Waals surface area contributed by atoms with Crippen LogP contribution in [-0.2, 0) is 4.74 Å². The molecule has 0 amide bonds. The fraction of sp³-hybridized carbons (Fsp3) is 1.00. The molecule has 0 aliphatic carbocycles. The second-order valence-corrected chi connectivity index (χ2v) is 4.04. The van der Waals surface area contributed by atoms with Crippen molar-refractivity contribution >= 4 is 0 Å². The van der Waals surface area contributed by atoms with Crippen molar-refractivity contribution in [2.45, 2.75) is 51.6 Å². The van der Waals surface area contributed by atoms with Crippen LogP contribution < -0.4 is 0 Å². The van der Waals surface area contributed by atoms with Gasteiger partial charge in [-0.3, -0.25) is 0 Å². The lowest BCUT2D eigenvalue weighted by Crippen LogP contribution is -2.28. The Hall–Kier alpha value is -0.0800. The molecule has 2 atom stereocenters. The second-order valence-electron chi connectivity index (χ2n) is 4.04. The van der Waals surface area contributed by atoms with Crippen molar-refractivity contribution in [3.05, 3.63) is 0 Å². The maximum atomic E-state index is 9.82. The average Bonchev–Trinajstić information content (AvgIpc) is 2.19. The van der Waals surface area contributed by atoms with E-state index in [1.165, 1.54) is 12.8 Å². The Morgan fingerprint density at radius 3 is 2.92 bits per heavy atom. The summed E-state index contributed by atoms with van der Waals surface area (Å²) in [6, 6.07) is 0. The van der Waals surface area contributed by atoms with Gasteiger partial charge in [-0.1, -0.05) is 26.2 Å². The van der Waals surface area contributed by atoms with Gasteiger partial charge >= 0.3 is 0 Å². The Morgan fingerprint density at radius 1 is 1.46 bits per heavy atom. The Balaban J connectivity index is 2.09. The molecule has 0 saturated carbocycles. The van der Waals surface area contributed by atoms with Gasteiger partial charge in [0.2, 0.25) is 0 Å². The number of aliphatic hydroxyl groups is 1. The van der Waals surface area contributed by atoms with Crippen LogP contribution in [0.5, 0.6) is 0 Å². The van der Waals surface area contributed by atoms with E-state index >= 15 is 0 Å². The van der Waals surface area contributed by atoms with E-state index in [4.69, 9.17) is 4.74 Å². The Morgan fingerprint density at radius 2 is 2.31 bits per heavy atom. The predicted octanol–water partition coefficient (Wildman–Crippen LogP) is 2.35. The SMILES string of the molecule is CCCCCC(O)C1CCCOC1. The number of aliphatic hydroxyl groups excluding tert-OH is 1. The summed E-state index contributed by atoms with van der Waals surface area (Å²) in [6.45, 7) is 3.85. The van der Waals surface area contributed by atoms with Crippen molar-refractivity contribution in [3.8, 4) is 0 Å². The maximum Gasteiger partial charge on any atom is 0.0590 e. The third-order valence-corrected chi connectivity index (χ3v) is 2.84. The van der Waals surface area contributed by atoms with Crippen LogP contribution in [0.15, 0.2) is 0 Å². The summed E-state index contributed by atoms with van der Waals surface area (Å²) in [5.74, 6) is 0.408. The minimum absolute atomic E-state index is 0.119. The first-order valence-corrected chi connectivity index (χ1v) is 5.60. The van der Waals surface area contributed by atoms with E-state index in [0.29, 0.717) is 5.92 Å². The van der Waals surface area contributed by atoms with Crippen LogP contribution in [0.3, 0.4) is 0 Å². The highest BCUT2D eigenvalue weighted by Gasteiger charge is 2.21. The quantitative estimate of drug-likeness (QED) is 0.668. The molecule has 78 valence electrons. The average molecular weight is 186 g/mol. The van der Waals surface area contributed by atoms with E-state index in [-0.39, 0.29) is 6.10 Å². The third-order valence-electron chi connectivity index (χ3n) is 2.84. The molecular weight excluding hydrogens is 164 g/mol. The molecule has 1 rings (SSSR count). The third kappa shape index (κ3) is 4.10. The molecule has 1 aliphatic rings. The normalized spacial score (nSPS) is 25.8. The van der Waals surface area contributed by atoms with Gasteiger partial charge in [0.1, 0.15) is 0 Å². The highest BCUT2D eigenvalue weighted by Crippen LogP contribution is 2.20. The van der Waals surface area contributed by atoms with Gasteiger partial charge in [0, 0.05) is 12.5 Å². The molecule has 1 saturated heterocycles. The van der Waals surface area contributed by atoms with Crippen LogP contribution >= 0.6 is 0 Å². The van der Waals surface area contributed by atoms with E-state index in [1.54, 1.807) is 0 Å². The standard InChI is InChI=1S/C11H22O2/c1-2-3-4-7-11(12)10-6-5-8-13-9-10/h10-12H,2-9H2,1H3. The topological polar surface area (TPSA) is 29.5 Å². The zero-order valence-electron chi connectivity index (χ0n) is 8.67. The lowest BCUT2D eigenvalue weighted by molar-refractivity contribution is -0.0126. The van der Waals surface area contributed by atoms with Crippen molar-refractivity contribution in [1.29, 1.82) is 0 Å². The fourth-order valence-corrected chi connectivity index (χ4v) is 1.91. The van der Waals surface area contributed by atoms with E-state index in [2.05, 4.69) is 6.92 Å². The molecule has 0 aromatic rings. The number of ether oxygens (including phenoxy) is 1. The zero-order chi connectivity index (χ0) is 9.52. The highest BCUT2D eigenvalue weighted by molar-refractivity contribution is 4.71. The van der Waals surface area contributed by atoms with Gasteiger partial charge in [-0.2, -0.15) is 0 Å². The van der Waals surface area contributed by atoms with E-state index in [0.717, 1.165) is 38.9 Å². The minimum atomic E-state index is -0.119. The molecule has 0 spiro atoms. The van der Waals surface area contributed by atoms with Crippen LogP contribution in [0.2, 0.25) is 0 Å². The molecule has 1 fully saturated rings. The Labute approximate surface area is 81.3 Å². The van der Waals surface area contributed by atoms with Gasteiger partial charge in [0.15, 0.2) is 0 Å². The summed E-state index contributed by atoms with van der Waals surface area (Å²) >= 11 is 0. The predicted molar refractivity (Wildman–Crippen MR) is 53.7 cm³/mol. The van der Waals surface area contributed by atoms with Gasteiger partial charge in [-0.15, -0.1) is 0 Å². The van der Waals surface area contributed by atoms with Gasteiger partial charge in [0.25, 0.3) is 0 Å². The molecule has 0 radical (unpaired) electrons. The smallest absolute Gasteiger partial charge is 0.0590 e. The van der Waals surface area contributed by atoms with Gasteiger partial charge in [0.05, 0.1) is 12.7 Å². The van der Waals surface area contributed by atoms with Gasteiger partial charge in [-0.25, -0.2) is 0 Å². The van der Waals surface area contributed by atoms with Crippen molar-refractivity contribution in [1.82, 2.24) is 0 Å². The molecule has 1 N–H and O–H groups in total. The molecule has 13 heavy (non-hydrogen) atoms. The van der Waals surface area contributed by atoms with Crippen molar-refractivity contribution in [2.75, 3.05) is 13.2 Å². The van der Waals surface area contributed by atoms with E-state index < -0.39 is 0 Å². The number of rotatable bonds is 5. The first kappa shape index (κ1) is 11.0. The van der Waals surface area contributed by atoms with Crippen molar-refractivity contribution < 1.29 is 9.84 Å². The summed E-state index contributed by atoms with van der Waals surface area (Å²) in [5, 5.41) is 9.82. The first-order chi connectivity index (χ1) is 6.34. The summed E-state index contributed by atoms with van der Waals surface area (Å²) in [7, 11) is 0. The summed E-state index contributed by atoms with van der Waals surface area (Å²) in [5.41, 5.74) is 0. The number of hydrogen-bond acceptors (Lipinski definition) is 2. The molecule has 0 bridgehead atoms. The van der Waals surface area contributed by atoms with Crippen molar-refractivity contribution in [2.24, 2.45) is 5.92 Å². The molecule has 1 aliphatic heterocycles. The fourth-order valence-electron chi connectivity index (χ4n) is 1.91. The summed E-state index contributed by atoms with van der Waals surface area (Å²) in [4.78, 5) is 0. The minimum Gasteiger partial charge on any atom is -0.393 e. The van der Waals surface area contributed by atoms with E-state index in [1.807, 2.05) is 0 Å². The molecule has 2 unspecified atom stereocenters. The summed E-state index contributed by atoms with van der Waals surface area (Å²) in [6.07, 6.45) is 6.74. The van der Waals surface area contributed by atoms with Crippen molar-refractivity contribution in [3.63, 3.8) is 0 Å². The van der Waals surface area contributed by atoms with Gasteiger partial charge < -0.3 is 9.84 Å². The highest BCUT2D eigenvalue weighted by atomic mass is 16.5. The first-order valence-electron chi connectivity index (χ1n) is 5.60. The van der Waals surface area contributed by atoms with Crippen LogP contribution in [-0.4, -0.2) is 24.4 Å². The monoisotopic (exact) mass is 186 g/mol. The summed E-state index contributed by atoms with van der Waals surface area (Å²) < 4.78 is 5.35. The molecule has 2 nitrogen and oxygen atoms in total. The van der Waals surface area contributed by atoms with Crippen LogP contribution in [0.25, 0.3) is 0 Å². The maximum absolute atomic E-state index is 9.82. The molecule has 1 heterocycles. The number of unbranched alkanes of at least 4 members (excludes halogenated alkanes) is 2. The molecule has 0 aromatic carbocycles. The zero-order valence-corrected chi connectivity index (χ0v) is 8.67. The van der Waals surface area contributed by atoms with Crippen LogP contribution in [0.1, 0.15) is 45.4 Å². The van der Waals surface area contributed by atoms with Crippen LogP contribution in [0.4, 0.5) is 0 Å². The molecule has 2 heteroatoms. The molecule has 0 aromatic heterocycles. The van der Waals surface area contributed by atoms with E-state index in [9.17, 15) is 5.11 Å². The second kappa shape index (κ2) is 6.39. The molecular formula is C11H22O2. The largest absolute Gasteiger partial charge is 0.393 e. The lowest BCUT2D eigenvalue weighted by atomic mass is 9.92.